The first-order valence-corrected chi connectivity index (χ1v) is 6.47. The van der Waals surface area contributed by atoms with Crippen LogP contribution in [-0.2, 0) is 17.6 Å². The number of rotatable bonds is 5. The molecule has 0 amide bonds. The van der Waals surface area contributed by atoms with Gasteiger partial charge in [-0.2, -0.15) is 5.26 Å². The predicted molar refractivity (Wildman–Crippen MR) is 68.5 cm³/mol. The third-order valence-corrected chi connectivity index (χ3v) is 3.67. The molecule has 0 saturated heterocycles. The lowest BCUT2D eigenvalue weighted by atomic mass is 10.1. The van der Waals surface area contributed by atoms with Crippen molar-refractivity contribution in [3.8, 4) is 6.07 Å². The number of aryl methyl sites for hydroxylation is 1. The summed E-state index contributed by atoms with van der Waals surface area (Å²) in [5.41, 5.74) is 1.69. The van der Waals surface area contributed by atoms with Gasteiger partial charge in [-0.25, -0.2) is 0 Å². The number of nitriles is 1. The SMILES string of the molecule is CCc1cc(Cl)c(SCC#N)c(CC(=O)O)c1. The molecule has 0 aliphatic heterocycles. The van der Waals surface area contributed by atoms with Gasteiger partial charge < -0.3 is 5.11 Å². The fourth-order valence-corrected chi connectivity index (χ4v) is 2.62. The molecule has 0 spiro atoms. The van der Waals surface area contributed by atoms with E-state index in [1.165, 1.54) is 11.8 Å². The number of hydrogen-bond acceptors (Lipinski definition) is 3. The Kier molecular flexibility index (Phi) is 5.33. The van der Waals surface area contributed by atoms with E-state index < -0.39 is 5.97 Å². The highest BCUT2D eigenvalue weighted by Gasteiger charge is 2.12. The van der Waals surface area contributed by atoms with E-state index in [1.807, 2.05) is 25.1 Å². The lowest BCUT2D eigenvalue weighted by Crippen LogP contribution is -2.03. The highest BCUT2D eigenvalue weighted by Crippen LogP contribution is 2.32. The van der Waals surface area contributed by atoms with Crippen LogP contribution in [0.25, 0.3) is 0 Å². The van der Waals surface area contributed by atoms with Crippen LogP contribution in [0.5, 0.6) is 0 Å². The minimum Gasteiger partial charge on any atom is -0.481 e. The van der Waals surface area contributed by atoms with Gasteiger partial charge in [0.15, 0.2) is 0 Å². The lowest BCUT2D eigenvalue weighted by molar-refractivity contribution is -0.136. The molecule has 0 radical (unpaired) electrons. The van der Waals surface area contributed by atoms with Gasteiger partial charge in [0.2, 0.25) is 0 Å². The second kappa shape index (κ2) is 6.53. The molecule has 0 bridgehead atoms. The van der Waals surface area contributed by atoms with Crippen LogP contribution in [0.4, 0.5) is 0 Å². The average molecular weight is 270 g/mol. The molecule has 1 N–H and O–H groups in total. The number of carboxylic acids is 1. The number of hydrogen-bond donors (Lipinski definition) is 1. The van der Waals surface area contributed by atoms with Crippen molar-refractivity contribution in [2.75, 3.05) is 5.75 Å². The molecule has 1 aromatic carbocycles. The highest BCUT2D eigenvalue weighted by molar-refractivity contribution is 7.99. The Balaban J connectivity index is 3.14. The number of carboxylic acid groups (broad SMARTS) is 1. The van der Waals surface area contributed by atoms with Gasteiger partial charge in [0, 0.05) is 4.90 Å². The van der Waals surface area contributed by atoms with Gasteiger partial charge in [-0.15, -0.1) is 11.8 Å². The molecular formula is C12H12ClNO2S. The van der Waals surface area contributed by atoms with Gasteiger partial charge in [-0.1, -0.05) is 24.6 Å². The number of halogens is 1. The van der Waals surface area contributed by atoms with Crippen LogP contribution in [0.2, 0.25) is 5.02 Å². The van der Waals surface area contributed by atoms with E-state index >= 15 is 0 Å². The Morgan fingerprint density at radius 2 is 2.29 bits per heavy atom. The average Bonchev–Trinajstić information content (AvgIpc) is 2.27. The van der Waals surface area contributed by atoms with E-state index in [4.69, 9.17) is 22.0 Å². The van der Waals surface area contributed by atoms with E-state index in [-0.39, 0.29) is 12.2 Å². The summed E-state index contributed by atoms with van der Waals surface area (Å²) in [5.74, 6) is -0.634. The molecule has 0 atom stereocenters. The molecule has 17 heavy (non-hydrogen) atoms. The molecule has 0 aliphatic rings. The zero-order valence-corrected chi connectivity index (χ0v) is 10.9. The Hall–Kier alpha value is -1.18. The minimum absolute atomic E-state index is 0.0681. The summed E-state index contributed by atoms with van der Waals surface area (Å²) in [6.07, 6.45) is 0.733. The molecule has 0 aliphatic carbocycles. The Bertz CT molecular complexity index is 468. The quantitative estimate of drug-likeness (QED) is 0.834. The fourth-order valence-electron chi connectivity index (χ4n) is 1.48. The number of aliphatic carboxylic acids is 1. The second-order valence-electron chi connectivity index (χ2n) is 3.44. The maximum Gasteiger partial charge on any atom is 0.307 e. The van der Waals surface area contributed by atoms with Gasteiger partial charge >= 0.3 is 5.97 Å². The van der Waals surface area contributed by atoms with E-state index in [1.54, 1.807) is 0 Å². The zero-order valence-electron chi connectivity index (χ0n) is 9.36. The number of nitrogens with zero attached hydrogens (tertiary/aromatic N) is 1. The topological polar surface area (TPSA) is 61.1 Å². The van der Waals surface area contributed by atoms with Crippen molar-refractivity contribution >= 4 is 29.3 Å². The van der Waals surface area contributed by atoms with Crippen LogP contribution < -0.4 is 0 Å². The third kappa shape index (κ3) is 3.95. The van der Waals surface area contributed by atoms with Crippen molar-refractivity contribution in [1.29, 1.82) is 5.26 Å². The Labute approximate surface area is 109 Å². The largest absolute Gasteiger partial charge is 0.481 e. The summed E-state index contributed by atoms with van der Waals surface area (Å²) in [6, 6.07) is 5.68. The normalized spacial score (nSPS) is 9.94. The van der Waals surface area contributed by atoms with Crippen molar-refractivity contribution in [2.24, 2.45) is 0 Å². The van der Waals surface area contributed by atoms with Crippen LogP contribution in [0.3, 0.4) is 0 Å². The van der Waals surface area contributed by atoms with Crippen LogP contribution >= 0.6 is 23.4 Å². The van der Waals surface area contributed by atoms with E-state index in [2.05, 4.69) is 0 Å². The smallest absolute Gasteiger partial charge is 0.307 e. The molecule has 0 aromatic heterocycles. The van der Waals surface area contributed by atoms with E-state index in [0.717, 1.165) is 12.0 Å². The first-order valence-electron chi connectivity index (χ1n) is 5.11. The van der Waals surface area contributed by atoms with Gasteiger partial charge in [0.25, 0.3) is 0 Å². The summed E-state index contributed by atoms with van der Waals surface area (Å²) in [5, 5.41) is 17.9. The number of benzene rings is 1. The molecule has 90 valence electrons. The zero-order chi connectivity index (χ0) is 12.8. The first-order chi connectivity index (χ1) is 8.08. The van der Waals surface area contributed by atoms with Gasteiger partial charge in [0.1, 0.15) is 0 Å². The molecule has 1 rings (SSSR count). The molecule has 0 heterocycles. The maximum absolute atomic E-state index is 10.8. The molecule has 0 fully saturated rings. The third-order valence-electron chi connectivity index (χ3n) is 2.21. The first kappa shape index (κ1) is 13.9. The number of thioether (sulfide) groups is 1. The summed E-state index contributed by atoms with van der Waals surface area (Å²) in [7, 11) is 0. The van der Waals surface area contributed by atoms with Crippen molar-refractivity contribution in [2.45, 2.75) is 24.7 Å². The molecule has 1 aromatic rings. The standard InChI is InChI=1S/C12H12ClNO2S/c1-2-8-5-9(7-11(15)16)12(10(13)6-8)17-4-3-14/h5-6H,2,4,7H2,1H3,(H,15,16). The fraction of sp³-hybridized carbons (Fsp3) is 0.333. The maximum atomic E-state index is 10.8. The minimum atomic E-state index is -0.895. The van der Waals surface area contributed by atoms with E-state index in [9.17, 15) is 4.79 Å². The summed E-state index contributed by atoms with van der Waals surface area (Å²) < 4.78 is 0. The summed E-state index contributed by atoms with van der Waals surface area (Å²) in [6.45, 7) is 1.98. The monoisotopic (exact) mass is 269 g/mol. The van der Waals surface area contributed by atoms with Crippen LogP contribution in [-0.4, -0.2) is 16.8 Å². The van der Waals surface area contributed by atoms with E-state index in [0.29, 0.717) is 15.5 Å². The van der Waals surface area contributed by atoms with Gasteiger partial charge in [-0.05, 0) is 23.6 Å². The second-order valence-corrected chi connectivity index (χ2v) is 4.83. The van der Waals surface area contributed by atoms with Crippen molar-refractivity contribution in [3.63, 3.8) is 0 Å². The Morgan fingerprint density at radius 1 is 1.59 bits per heavy atom. The van der Waals surface area contributed by atoms with Crippen LogP contribution in [0, 0.1) is 11.3 Å². The summed E-state index contributed by atoms with van der Waals surface area (Å²) >= 11 is 7.39. The van der Waals surface area contributed by atoms with Crippen LogP contribution in [0.1, 0.15) is 18.1 Å². The predicted octanol–water partition coefficient (Wildman–Crippen LogP) is 3.15. The molecular weight excluding hydrogens is 258 g/mol. The lowest BCUT2D eigenvalue weighted by Gasteiger charge is -2.10. The Morgan fingerprint density at radius 3 is 2.82 bits per heavy atom. The van der Waals surface area contributed by atoms with Crippen molar-refractivity contribution < 1.29 is 9.90 Å². The summed E-state index contributed by atoms with van der Waals surface area (Å²) in [4.78, 5) is 11.5. The van der Waals surface area contributed by atoms with Crippen molar-refractivity contribution in [3.05, 3.63) is 28.3 Å². The van der Waals surface area contributed by atoms with Crippen LogP contribution in [0.15, 0.2) is 17.0 Å². The van der Waals surface area contributed by atoms with Crippen molar-refractivity contribution in [1.82, 2.24) is 0 Å². The molecule has 0 unspecified atom stereocenters. The molecule has 0 saturated carbocycles. The molecule has 3 nitrogen and oxygen atoms in total. The van der Waals surface area contributed by atoms with Gasteiger partial charge in [-0.3, -0.25) is 4.79 Å². The number of carbonyl (C=O) groups is 1. The van der Waals surface area contributed by atoms with Gasteiger partial charge in [0.05, 0.1) is 23.3 Å². The highest BCUT2D eigenvalue weighted by atomic mass is 35.5. The molecule has 5 heteroatoms.